The third-order valence-corrected chi connectivity index (χ3v) is 5.14. The lowest BCUT2D eigenvalue weighted by molar-refractivity contribution is -0.130. The number of halogens is 1. The van der Waals surface area contributed by atoms with Crippen molar-refractivity contribution in [3.63, 3.8) is 0 Å². The normalized spacial score (nSPS) is 22.7. The molecule has 5 nitrogen and oxygen atoms in total. The van der Waals surface area contributed by atoms with E-state index in [1.807, 2.05) is 31.2 Å². The van der Waals surface area contributed by atoms with Crippen molar-refractivity contribution in [2.75, 3.05) is 6.61 Å². The van der Waals surface area contributed by atoms with E-state index >= 15 is 0 Å². The van der Waals surface area contributed by atoms with Gasteiger partial charge in [-0.05, 0) is 37.3 Å². The van der Waals surface area contributed by atoms with Crippen molar-refractivity contribution in [3.05, 3.63) is 34.9 Å². The molecule has 6 heteroatoms. The van der Waals surface area contributed by atoms with Gasteiger partial charge in [-0.2, -0.15) is 0 Å². The van der Waals surface area contributed by atoms with Crippen LogP contribution in [0.25, 0.3) is 0 Å². The van der Waals surface area contributed by atoms with E-state index in [9.17, 15) is 9.59 Å². The van der Waals surface area contributed by atoms with Crippen molar-refractivity contribution in [3.8, 4) is 0 Å². The quantitative estimate of drug-likeness (QED) is 0.725. The number of nitrogens with one attached hydrogen (secondary N) is 2. The topological polar surface area (TPSA) is 67.4 Å². The molecule has 0 aliphatic heterocycles. The van der Waals surface area contributed by atoms with Crippen LogP contribution in [0.1, 0.15) is 51.5 Å². The standard InChI is InChI=1S/C20H29ClN2O3/c1-3-11-26-18-10-9-14(12-17(18)23-19(24)4-2)20(25)22-13-15-7-5-6-8-16(15)21/h5-8,14,17-18H,3-4,9-13H2,1-2H3,(H,22,25)(H,23,24)/t14-,17+,18+/m0/s1. The van der Waals surface area contributed by atoms with Gasteiger partial charge in [0.2, 0.25) is 11.8 Å². The van der Waals surface area contributed by atoms with Crippen LogP contribution < -0.4 is 10.6 Å². The highest BCUT2D eigenvalue weighted by Gasteiger charge is 2.35. The minimum atomic E-state index is -0.124. The zero-order chi connectivity index (χ0) is 18.9. The Morgan fingerprint density at radius 3 is 2.69 bits per heavy atom. The van der Waals surface area contributed by atoms with Gasteiger partial charge in [0.05, 0.1) is 12.1 Å². The van der Waals surface area contributed by atoms with E-state index in [0.717, 1.165) is 24.8 Å². The molecule has 1 aromatic carbocycles. The zero-order valence-electron chi connectivity index (χ0n) is 15.6. The average molecular weight is 381 g/mol. The van der Waals surface area contributed by atoms with Gasteiger partial charge in [-0.3, -0.25) is 9.59 Å². The van der Waals surface area contributed by atoms with Gasteiger partial charge in [-0.25, -0.2) is 0 Å². The summed E-state index contributed by atoms with van der Waals surface area (Å²) in [5, 5.41) is 6.66. The number of ether oxygens (including phenoxy) is 1. The largest absolute Gasteiger partial charge is 0.376 e. The van der Waals surface area contributed by atoms with Gasteiger partial charge in [-0.15, -0.1) is 0 Å². The van der Waals surface area contributed by atoms with Crippen molar-refractivity contribution in [2.24, 2.45) is 5.92 Å². The van der Waals surface area contributed by atoms with Crippen LogP contribution in [0.3, 0.4) is 0 Å². The Balaban J connectivity index is 1.93. The summed E-state index contributed by atoms with van der Waals surface area (Å²) in [4.78, 5) is 24.4. The van der Waals surface area contributed by atoms with Gasteiger partial charge in [0, 0.05) is 30.5 Å². The third-order valence-electron chi connectivity index (χ3n) is 4.77. The molecular formula is C20H29ClN2O3. The fraction of sp³-hybridized carbons (Fsp3) is 0.600. The van der Waals surface area contributed by atoms with E-state index in [0.29, 0.717) is 31.0 Å². The van der Waals surface area contributed by atoms with E-state index < -0.39 is 0 Å². The van der Waals surface area contributed by atoms with Crippen LogP contribution in [-0.2, 0) is 20.9 Å². The summed E-state index contributed by atoms with van der Waals surface area (Å²) < 4.78 is 5.90. The SMILES string of the molecule is CCCO[C@@H]1CC[C@H](C(=O)NCc2ccccc2Cl)C[C@H]1NC(=O)CC. The van der Waals surface area contributed by atoms with Crippen molar-refractivity contribution in [1.29, 1.82) is 0 Å². The molecule has 26 heavy (non-hydrogen) atoms. The molecule has 0 aromatic heterocycles. The van der Waals surface area contributed by atoms with Gasteiger partial charge in [0.15, 0.2) is 0 Å². The fourth-order valence-corrected chi connectivity index (χ4v) is 3.48. The van der Waals surface area contributed by atoms with Gasteiger partial charge >= 0.3 is 0 Å². The molecule has 1 saturated carbocycles. The molecule has 2 amide bonds. The second-order valence-electron chi connectivity index (χ2n) is 6.76. The third kappa shape index (κ3) is 5.99. The second-order valence-corrected chi connectivity index (χ2v) is 7.16. The Kier molecular flexibility index (Phi) is 8.39. The first-order valence-electron chi connectivity index (χ1n) is 9.47. The highest BCUT2D eigenvalue weighted by atomic mass is 35.5. The first-order valence-corrected chi connectivity index (χ1v) is 9.85. The van der Waals surface area contributed by atoms with E-state index in [-0.39, 0.29) is 29.9 Å². The molecule has 0 saturated heterocycles. The van der Waals surface area contributed by atoms with Gasteiger partial charge in [0.25, 0.3) is 0 Å². The first-order chi connectivity index (χ1) is 12.5. The minimum absolute atomic E-state index is 0.00257. The summed E-state index contributed by atoms with van der Waals surface area (Å²) >= 11 is 6.14. The molecule has 3 atom stereocenters. The van der Waals surface area contributed by atoms with Crippen molar-refractivity contribution < 1.29 is 14.3 Å². The maximum Gasteiger partial charge on any atom is 0.223 e. The van der Waals surface area contributed by atoms with Crippen LogP contribution >= 0.6 is 11.6 Å². The molecule has 0 spiro atoms. The van der Waals surface area contributed by atoms with Crippen LogP contribution in [0.5, 0.6) is 0 Å². The Morgan fingerprint density at radius 2 is 2.00 bits per heavy atom. The number of hydrogen-bond acceptors (Lipinski definition) is 3. The summed E-state index contributed by atoms with van der Waals surface area (Å²) in [6.07, 6.45) is 3.50. The number of carbonyl (C=O) groups excluding carboxylic acids is 2. The molecule has 2 N–H and O–H groups in total. The molecule has 1 aliphatic rings. The van der Waals surface area contributed by atoms with Crippen LogP contribution in [0.15, 0.2) is 24.3 Å². The maximum atomic E-state index is 12.6. The Labute approximate surface area is 160 Å². The Bertz CT molecular complexity index is 608. The Hall–Kier alpha value is -1.59. The molecule has 0 heterocycles. The van der Waals surface area contributed by atoms with E-state index in [4.69, 9.17) is 16.3 Å². The molecule has 1 fully saturated rings. The fourth-order valence-electron chi connectivity index (χ4n) is 3.28. The zero-order valence-corrected chi connectivity index (χ0v) is 16.3. The molecular weight excluding hydrogens is 352 g/mol. The molecule has 0 unspecified atom stereocenters. The van der Waals surface area contributed by atoms with E-state index in [1.54, 1.807) is 0 Å². The highest BCUT2D eigenvalue weighted by Crippen LogP contribution is 2.27. The summed E-state index contributed by atoms with van der Waals surface area (Å²) in [6.45, 7) is 4.98. The van der Waals surface area contributed by atoms with Crippen LogP contribution in [0.4, 0.5) is 0 Å². The van der Waals surface area contributed by atoms with E-state index in [1.165, 1.54) is 0 Å². The van der Waals surface area contributed by atoms with Gasteiger partial charge in [-0.1, -0.05) is 43.6 Å². The Morgan fingerprint density at radius 1 is 1.23 bits per heavy atom. The predicted molar refractivity (Wildman–Crippen MR) is 103 cm³/mol. The van der Waals surface area contributed by atoms with Crippen LogP contribution in [-0.4, -0.2) is 30.6 Å². The first kappa shape index (κ1) is 20.7. The maximum absolute atomic E-state index is 12.6. The number of hydrogen-bond donors (Lipinski definition) is 2. The lowest BCUT2D eigenvalue weighted by Gasteiger charge is -2.36. The summed E-state index contributed by atoms with van der Waals surface area (Å²) in [7, 11) is 0. The monoisotopic (exact) mass is 380 g/mol. The van der Waals surface area contributed by atoms with Gasteiger partial charge < -0.3 is 15.4 Å². The van der Waals surface area contributed by atoms with Gasteiger partial charge in [0.1, 0.15) is 0 Å². The lowest BCUT2D eigenvalue weighted by atomic mass is 9.83. The number of carbonyl (C=O) groups is 2. The van der Waals surface area contributed by atoms with Crippen molar-refractivity contribution in [1.82, 2.24) is 10.6 Å². The van der Waals surface area contributed by atoms with E-state index in [2.05, 4.69) is 17.6 Å². The van der Waals surface area contributed by atoms with Crippen LogP contribution in [0, 0.1) is 5.92 Å². The smallest absolute Gasteiger partial charge is 0.223 e. The number of benzene rings is 1. The molecule has 0 bridgehead atoms. The molecule has 1 aliphatic carbocycles. The predicted octanol–water partition coefficient (Wildman–Crippen LogP) is 3.45. The second kappa shape index (κ2) is 10.5. The summed E-state index contributed by atoms with van der Waals surface area (Å²) in [5.41, 5.74) is 0.901. The van der Waals surface area contributed by atoms with Crippen molar-refractivity contribution in [2.45, 2.75) is 64.6 Å². The minimum Gasteiger partial charge on any atom is -0.376 e. The molecule has 144 valence electrons. The average Bonchev–Trinajstić information content (AvgIpc) is 2.65. The lowest BCUT2D eigenvalue weighted by Crippen LogP contribution is -2.50. The van der Waals surface area contributed by atoms with Crippen molar-refractivity contribution >= 4 is 23.4 Å². The molecule has 0 radical (unpaired) electrons. The number of rotatable bonds is 8. The summed E-state index contributed by atoms with van der Waals surface area (Å²) in [6, 6.07) is 7.38. The number of amides is 2. The molecule has 2 rings (SSSR count). The van der Waals surface area contributed by atoms with Crippen LogP contribution in [0.2, 0.25) is 5.02 Å². The summed E-state index contributed by atoms with van der Waals surface area (Å²) in [5.74, 6) is -0.118. The molecule has 1 aromatic rings. The highest BCUT2D eigenvalue weighted by molar-refractivity contribution is 6.31.